The Labute approximate surface area is 145 Å². The lowest BCUT2D eigenvalue weighted by Gasteiger charge is -2.32. The van der Waals surface area contributed by atoms with Crippen LogP contribution in [0.5, 0.6) is 0 Å². The Morgan fingerprint density at radius 2 is 2.12 bits per heavy atom. The number of benzene rings is 1. The standard InChI is InChI=1S/C20H30N2O2/c1-14(2)20(24)22-10-8-16-11-17(6-7-18(16)22)19(23)13-21-9-4-5-15(3)12-21/h6-7,11,14-15,19,23H,4-5,8-10,12-13H2,1-3H3. The van der Waals surface area contributed by atoms with Crippen LogP contribution in [-0.2, 0) is 11.2 Å². The Bertz CT molecular complexity index is 599. The van der Waals surface area contributed by atoms with E-state index in [0.717, 1.165) is 43.2 Å². The first-order valence-electron chi connectivity index (χ1n) is 9.30. The fourth-order valence-electron chi connectivity index (χ4n) is 3.97. The van der Waals surface area contributed by atoms with Crippen molar-refractivity contribution < 1.29 is 9.90 Å². The van der Waals surface area contributed by atoms with E-state index in [-0.39, 0.29) is 11.8 Å². The van der Waals surface area contributed by atoms with Crippen LogP contribution in [0.4, 0.5) is 5.69 Å². The smallest absolute Gasteiger partial charge is 0.229 e. The number of carbonyl (C=O) groups excluding carboxylic acids is 1. The highest BCUT2D eigenvalue weighted by Crippen LogP contribution is 2.32. The molecule has 0 spiro atoms. The summed E-state index contributed by atoms with van der Waals surface area (Å²) in [4.78, 5) is 16.6. The van der Waals surface area contributed by atoms with E-state index in [4.69, 9.17) is 0 Å². The lowest BCUT2D eigenvalue weighted by molar-refractivity contribution is -0.121. The van der Waals surface area contributed by atoms with E-state index < -0.39 is 6.10 Å². The van der Waals surface area contributed by atoms with Crippen molar-refractivity contribution in [2.75, 3.05) is 31.1 Å². The number of likely N-dealkylation sites (tertiary alicyclic amines) is 1. The van der Waals surface area contributed by atoms with Crippen LogP contribution in [0.25, 0.3) is 0 Å². The monoisotopic (exact) mass is 330 g/mol. The third-order valence-corrected chi connectivity index (χ3v) is 5.32. The number of aliphatic hydroxyl groups is 1. The molecule has 1 aromatic carbocycles. The summed E-state index contributed by atoms with van der Waals surface area (Å²) < 4.78 is 0. The van der Waals surface area contributed by atoms with Crippen LogP contribution >= 0.6 is 0 Å². The van der Waals surface area contributed by atoms with E-state index in [1.165, 1.54) is 18.4 Å². The molecule has 0 bridgehead atoms. The maximum atomic E-state index is 12.3. The van der Waals surface area contributed by atoms with E-state index in [1.807, 2.05) is 30.9 Å². The van der Waals surface area contributed by atoms with Crippen LogP contribution in [0.3, 0.4) is 0 Å². The zero-order valence-electron chi connectivity index (χ0n) is 15.2. The van der Waals surface area contributed by atoms with Crippen molar-refractivity contribution in [3.63, 3.8) is 0 Å². The lowest BCUT2D eigenvalue weighted by Crippen LogP contribution is -2.37. The number of anilines is 1. The number of hydrogen-bond acceptors (Lipinski definition) is 3. The molecule has 1 N–H and O–H groups in total. The molecule has 0 saturated carbocycles. The van der Waals surface area contributed by atoms with Gasteiger partial charge in [0.15, 0.2) is 0 Å². The Hall–Kier alpha value is -1.39. The van der Waals surface area contributed by atoms with E-state index in [2.05, 4.69) is 17.9 Å². The van der Waals surface area contributed by atoms with E-state index in [9.17, 15) is 9.90 Å². The highest BCUT2D eigenvalue weighted by atomic mass is 16.3. The molecule has 1 aromatic rings. The highest BCUT2D eigenvalue weighted by molar-refractivity contribution is 5.96. The molecule has 1 amide bonds. The van der Waals surface area contributed by atoms with Crippen LogP contribution in [0, 0.1) is 11.8 Å². The van der Waals surface area contributed by atoms with Crippen LogP contribution in [0.2, 0.25) is 0 Å². The molecule has 24 heavy (non-hydrogen) atoms. The first kappa shape index (κ1) is 17.4. The van der Waals surface area contributed by atoms with Gasteiger partial charge in [0.25, 0.3) is 0 Å². The molecule has 2 heterocycles. The van der Waals surface area contributed by atoms with Gasteiger partial charge in [-0.05, 0) is 48.9 Å². The molecule has 0 radical (unpaired) electrons. The molecular weight excluding hydrogens is 300 g/mol. The van der Waals surface area contributed by atoms with Gasteiger partial charge in [-0.15, -0.1) is 0 Å². The van der Waals surface area contributed by atoms with E-state index in [1.54, 1.807) is 0 Å². The second-order valence-electron chi connectivity index (χ2n) is 7.81. The first-order chi connectivity index (χ1) is 11.5. The summed E-state index contributed by atoms with van der Waals surface area (Å²) in [6, 6.07) is 6.10. The summed E-state index contributed by atoms with van der Waals surface area (Å²) in [7, 11) is 0. The zero-order valence-corrected chi connectivity index (χ0v) is 15.2. The van der Waals surface area contributed by atoms with Gasteiger partial charge in [-0.2, -0.15) is 0 Å². The molecule has 4 nitrogen and oxygen atoms in total. The highest BCUT2D eigenvalue weighted by Gasteiger charge is 2.27. The average molecular weight is 330 g/mol. The second-order valence-corrected chi connectivity index (χ2v) is 7.81. The van der Waals surface area contributed by atoms with Gasteiger partial charge in [-0.1, -0.05) is 32.9 Å². The van der Waals surface area contributed by atoms with Crippen LogP contribution < -0.4 is 4.90 Å². The number of rotatable bonds is 4. The molecule has 1 fully saturated rings. The quantitative estimate of drug-likeness (QED) is 0.923. The summed E-state index contributed by atoms with van der Waals surface area (Å²) >= 11 is 0. The van der Waals surface area contributed by atoms with Crippen molar-refractivity contribution in [3.05, 3.63) is 29.3 Å². The number of hydrogen-bond donors (Lipinski definition) is 1. The van der Waals surface area contributed by atoms with Crippen molar-refractivity contribution in [1.29, 1.82) is 0 Å². The largest absolute Gasteiger partial charge is 0.387 e. The zero-order chi connectivity index (χ0) is 17.3. The SMILES string of the molecule is CC1CCCN(CC(O)c2ccc3c(c2)CCN3C(=O)C(C)C)C1. The number of β-amino-alcohol motifs (C(OH)–C–C–N with tert-alkyl or cyclic N) is 1. The van der Waals surface area contributed by atoms with Crippen molar-refractivity contribution >= 4 is 11.6 Å². The molecule has 2 atom stereocenters. The normalized spacial score (nSPS) is 22.7. The molecule has 2 aliphatic heterocycles. The molecule has 2 aliphatic rings. The molecule has 3 rings (SSSR count). The summed E-state index contributed by atoms with van der Waals surface area (Å²) in [5, 5.41) is 10.6. The van der Waals surface area contributed by atoms with E-state index >= 15 is 0 Å². The Balaban J connectivity index is 1.69. The van der Waals surface area contributed by atoms with E-state index in [0.29, 0.717) is 6.54 Å². The van der Waals surface area contributed by atoms with Gasteiger partial charge in [0.2, 0.25) is 5.91 Å². The summed E-state index contributed by atoms with van der Waals surface area (Å²) in [6.07, 6.45) is 2.96. The summed E-state index contributed by atoms with van der Waals surface area (Å²) in [6.45, 7) is 9.80. The second kappa shape index (κ2) is 7.24. The van der Waals surface area contributed by atoms with Gasteiger partial charge in [-0.25, -0.2) is 0 Å². The summed E-state index contributed by atoms with van der Waals surface area (Å²) in [5.74, 6) is 0.924. The average Bonchev–Trinajstić information content (AvgIpc) is 2.97. The first-order valence-corrected chi connectivity index (χ1v) is 9.30. The minimum atomic E-state index is -0.449. The Morgan fingerprint density at radius 3 is 2.83 bits per heavy atom. The number of nitrogens with zero attached hydrogens (tertiary/aromatic N) is 2. The predicted molar refractivity (Wildman–Crippen MR) is 97.1 cm³/mol. The predicted octanol–water partition coefficient (Wildman–Crippen LogP) is 3.00. The van der Waals surface area contributed by atoms with Gasteiger partial charge in [-0.3, -0.25) is 4.79 Å². The van der Waals surface area contributed by atoms with Crippen LogP contribution in [-0.4, -0.2) is 42.1 Å². The third kappa shape index (κ3) is 3.65. The van der Waals surface area contributed by atoms with Crippen molar-refractivity contribution in [3.8, 4) is 0 Å². The molecule has 4 heteroatoms. The van der Waals surface area contributed by atoms with Gasteiger partial charge in [0.05, 0.1) is 6.10 Å². The number of piperidine rings is 1. The van der Waals surface area contributed by atoms with Crippen molar-refractivity contribution in [1.82, 2.24) is 4.90 Å². The molecule has 2 unspecified atom stereocenters. The van der Waals surface area contributed by atoms with Crippen LogP contribution in [0.1, 0.15) is 50.8 Å². The van der Waals surface area contributed by atoms with Gasteiger partial charge in [0.1, 0.15) is 0 Å². The Morgan fingerprint density at radius 1 is 1.33 bits per heavy atom. The molecule has 132 valence electrons. The number of aliphatic hydroxyl groups excluding tert-OH is 1. The topological polar surface area (TPSA) is 43.8 Å². The number of carbonyl (C=O) groups is 1. The number of amides is 1. The molecule has 0 aliphatic carbocycles. The van der Waals surface area contributed by atoms with Crippen LogP contribution in [0.15, 0.2) is 18.2 Å². The minimum Gasteiger partial charge on any atom is -0.387 e. The number of fused-ring (bicyclic) bond motifs is 1. The molecule has 0 aromatic heterocycles. The Kier molecular flexibility index (Phi) is 5.26. The lowest BCUT2D eigenvalue weighted by atomic mass is 9.98. The third-order valence-electron chi connectivity index (χ3n) is 5.32. The molecular formula is C20H30N2O2. The van der Waals surface area contributed by atoms with Gasteiger partial charge >= 0.3 is 0 Å². The minimum absolute atomic E-state index is 0.0160. The van der Waals surface area contributed by atoms with Crippen molar-refractivity contribution in [2.24, 2.45) is 11.8 Å². The fraction of sp³-hybridized carbons (Fsp3) is 0.650. The summed E-state index contributed by atoms with van der Waals surface area (Å²) in [5.41, 5.74) is 3.19. The fourth-order valence-corrected chi connectivity index (χ4v) is 3.97. The van der Waals surface area contributed by atoms with Gasteiger partial charge < -0.3 is 14.9 Å². The maximum Gasteiger partial charge on any atom is 0.229 e. The molecule has 1 saturated heterocycles. The van der Waals surface area contributed by atoms with Crippen molar-refractivity contribution in [2.45, 2.75) is 46.1 Å². The van der Waals surface area contributed by atoms with Gasteiger partial charge in [0, 0.05) is 31.2 Å². The maximum absolute atomic E-state index is 12.3.